The largest absolute Gasteiger partial charge is 1.00 e. The molecule has 1 amide bonds. The molecule has 0 rings (SSSR count). The van der Waals surface area contributed by atoms with Gasteiger partial charge in [0.2, 0.25) is 13.3 Å². The Balaban J connectivity index is 0. The van der Waals surface area contributed by atoms with Gasteiger partial charge in [-0.15, -0.1) is 0 Å². The Morgan fingerprint density at radius 1 is 1.32 bits per heavy atom. The molecule has 108 valence electrons. The van der Waals surface area contributed by atoms with Gasteiger partial charge in [0, 0.05) is 18.9 Å². The van der Waals surface area contributed by atoms with Crippen molar-refractivity contribution in [2.45, 2.75) is 20.3 Å². The summed E-state index contributed by atoms with van der Waals surface area (Å²) in [6.07, 6.45) is 0.821. The molecule has 0 unspecified atom stereocenters. The van der Waals surface area contributed by atoms with Gasteiger partial charge in [0.1, 0.15) is 0 Å². The SMILES string of the molecule is CCP(=O)(CC)OCCC(=O)NCCS(=O)(=O)[O-].[Na+]. The van der Waals surface area contributed by atoms with Crippen LogP contribution < -0.4 is 34.9 Å². The van der Waals surface area contributed by atoms with Gasteiger partial charge in [0.25, 0.3) is 0 Å². The van der Waals surface area contributed by atoms with Crippen LogP contribution in [0.1, 0.15) is 20.3 Å². The Kier molecular flexibility index (Phi) is 11.9. The number of hydrogen-bond acceptors (Lipinski definition) is 6. The third-order valence-electron chi connectivity index (χ3n) is 2.29. The molecule has 0 aliphatic heterocycles. The van der Waals surface area contributed by atoms with Crippen LogP contribution in [0, 0.1) is 0 Å². The van der Waals surface area contributed by atoms with E-state index in [9.17, 15) is 22.3 Å². The van der Waals surface area contributed by atoms with Gasteiger partial charge in [-0.1, -0.05) is 13.8 Å². The van der Waals surface area contributed by atoms with Crippen molar-refractivity contribution in [3.8, 4) is 0 Å². The monoisotopic (exact) mass is 323 g/mol. The molecule has 1 N–H and O–H groups in total. The predicted octanol–water partition coefficient (Wildman–Crippen LogP) is -2.62. The average molecular weight is 323 g/mol. The molecule has 10 heteroatoms. The van der Waals surface area contributed by atoms with Crippen LogP contribution in [0.3, 0.4) is 0 Å². The first-order valence-corrected chi connectivity index (χ1v) is 9.22. The molecule has 0 saturated heterocycles. The van der Waals surface area contributed by atoms with Crippen LogP contribution in [0.4, 0.5) is 0 Å². The van der Waals surface area contributed by atoms with E-state index in [4.69, 9.17) is 4.52 Å². The molecule has 0 atom stereocenters. The number of amides is 1. The standard InChI is InChI=1S/C9H20NO6PS.Na/c1-3-17(12,4-2)16-7-5-9(11)10-6-8-18(13,14)15;/h3-8H2,1-2H3,(H,10,11)(H,13,14,15);/q;+1/p-1. The first kappa shape index (κ1) is 21.9. The summed E-state index contributed by atoms with van der Waals surface area (Å²) in [7, 11) is -6.93. The van der Waals surface area contributed by atoms with E-state index >= 15 is 0 Å². The maximum Gasteiger partial charge on any atom is 1.00 e. The summed E-state index contributed by atoms with van der Waals surface area (Å²) < 4.78 is 47.8. The smallest absolute Gasteiger partial charge is 0.748 e. The molecule has 0 aliphatic carbocycles. The first-order valence-electron chi connectivity index (χ1n) is 5.65. The second-order valence-corrected chi connectivity index (χ2v) is 8.32. The minimum Gasteiger partial charge on any atom is -0.748 e. The zero-order chi connectivity index (χ0) is 14.2. The first-order chi connectivity index (χ1) is 8.22. The number of hydrogen-bond donors (Lipinski definition) is 1. The Morgan fingerprint density at radius 2 is 1.84 bits per heavy atom. The molecule has 0 aromatic heterocycles. The van der Waals surface area contributed by atoms with Gasteiger partial charge in [-0.05, 0) is 0 Å². The van der Waals surface area contributed by atoms with E-state index in [0.717, 1.165) is 0 Å². The van der Waals surface area contributed by atoms with Gasteiger partial charge >= 0.3 is 29.6 Å². The zero-order valence-electron chi connectivity index (χ0n) is 11.5. The van der Waals surface area contributed by atoms with E-state index in [1.807, 2.05) is 0 Å². The van der Waals surface area contributed by atoms with Crippen LogP contribution in [0.25, 0.3) is 0 Å². The van der Waals surface area contributed by atoms with Crippen LogP contribution in [0.15, 0.2) is 0 Å². The van der Waals surface area contributed by atoms with Gasteiger partial charge in [-0.25, -0.2) is 8.42 Å². The number of carbonyl (C=O) groups is 1. The molecule has 0 saturated carbocycles. The van der Waals surface area contributed by atoms with Crippen molar-refractivity contribution in [3.63, 3.8) is 0 Å². The van der Waals surface area contributed by atoms with Crippen LogP contribution >= 0.6 is 7.37 Å². The summed E-state index contributed by atoms with van der Waals surface area (Å²) in [4.78, 5) is 11.2. The maximum atomic E-state index is 11.8. The minimum atomic E-state index is -4.31. The van der Waals surface area contributed by atoms with Crippen molar-refractivity contribution in [1.82, 2.24) is 5.32 Å². The molecule has 0 radical (unpaired) electrons. The second-order valence-electron chi connectivity index (χ2n) is 3.64. The van der Waals surface area contributed by atoms with Crippen molar-refractivity contribution in [2.24, 2.45) is 0 Å². The van der Waals surface area contributed by atoms with Crippen LogP contribution in [-0.4, -0.2) is 50.1 Å². The molecule has 0 aromatic carbocycles. The summed E-state index contributed by atoms with van der Waals surface area (Å²) in [5, 5.41) is 2.27. The summed E-state index contributed by atoms with van der Waals surface area (Å²) in [5.41, 5.74) is 0. The molecule has 0 bridgehead atoms. The van der Waals surface area contributed by atoms with Gasteiger partial charge in [0.15, 0.2) is 0 Å². The van der Waals surface area contributed by atoms with E-state index in [2.05, 4.69) is 5.32 Å². The Bertz CT molecular complexity index is 405. The van der Waals surface area contributed by atoms with E-state index < -0.39 is 29.1 Å². The summed E-state index contributed by atoms with van der Waals surface area (Å²) in [6.45, 7) is 3.31. The Morgan fingerprint density at radius 3 is 2.26 bits per heavy atom. The van der Waals surface area contributed by atoms with Gasteiger partial charge in [-0.3, -0.25) is 9.36 Å². The van der Waals surface area contributed by atoms with Crippen LogP contribution in [-0.2, 0) is 24.0 Å². The van der Waals surface area contributed by atoms with Gasteiger partial charge < -0.3 is 14.4 Å². The Hall–Kier alpha value is 0.570. The fourth-order valence-corrected chi connectivity index (χ4v) is 2.70. The normalized spacial score (nSPS) is 11.7. The van der Waals surface area contributed by atoms with E-state index in [1.165, 1.54) is 0 Å². The topological polar surface area (TPSA) is 113 Å². The van der Waals surface area contributed by atoms with Crippen LogP contribution in [0.5, 0.6) is 0 Å². The average Bonchev–Trinajstić information content (AvgIpc) is 2.27. The van der Waals surface area contributed by atoms with Crippen molar-refractivity contribution < 1.29 is 56.4 Å². The van der Waals surface area contributed by atoms with Crippen molar-refractivity contribution in [1.29, 1.82) is 0 Å². The molecule has 7 nitrogen and oxygen atoms in total. The third kappa shape index (κ3) is 12.1. The van der Waals surface area contributed by atoms with Crippen LogP contribution in [0.2, 0.25) is 0 Å². The number of carbonyl (C=O) groups excluding carboxylic acids is 1. The van der Waals surface area contributed by atoms with E-state index in [0.29, 0.717) is 12.3 Å². The predicted molar refractivity (Wildman–Crippen MR) is 66.8 cm³/mol. The minimum absolute atomic E-state index is 0. The van der Waals surface area contributed by atoms with Crippen molar-refractivity contribution >= 4 is 23.4 Å². The molecular weight excluding hydrogens is 304 g/mol. The van der Waals surface area contributed by atoms with Crippen molar-refractivity contribution in [2.75, 3.05) is 31.2 Å². The Labute approximate surface area is 136 Å². The molecule has 0 aliphatic rings. The molecule has 0 aromatic rings. The van der Waals surface area contributed by atoms with E-state index in [1.54, 1.807) is 13.8 Å². The van der Waals surface area contributed by atoms with Gasteiger partial charge in [-0.2, -0.15) is 0 Å². The second kappa shape index (κ2) is 10.3. The summed E-state index contributed by atoms with van der Waals surface area (Å²) >= 11 is 0. The summed E-state index contributed by atoms with van der Waals surface area (Å²) in [5.74, 6) is -1.07. The molecule has 0 spiro atoms. The fraction of sp³-hybridized carbons (Fsp3) is 0.889. The summed E-state index contributed by atoms with van der Waals surface area (Å²) in [6, 6.07) is 0. The maximum absolute atomic E-state index is 11.8. The zero-order valence-corrected chi connectivity index (χ0v) is 15.3. The third-order valence-corrected chi connectivity index (χ3v) is 5.58. The fourth-order valence-electron chi connectivity index (χ4n) is 1.11. The van der Waals surface area contributed by atoms with Gasteiger partial charge in [0.05, 0.1) is 28.9 Å². The molecule has 0 heterocycles. The van der Waals surface area contributed by atoms with E-state index in [-0.39, 0.29) is 49.1 Å². The van der Waals surface area contributed by atoms with Crippen molar-refractivity contribution in [3.05, 3.63) is 0 Å². The number of rotatable bonds is 9. The molecule has 0 fully saturated rings. The number of nitrogens with one attached hydrogen (secondary N) is 1. The quantitative estimate of drug-likeness (QED) is 0.282. The molecular formula is C9H19NNaO6PS. The molecule has 19 heavy (non-hydrogen) atoms.